The van der Waals surface area contributed by atoms with Gasteiger partial charge in [0.1, 0.15) is 6.10 Å². The number of halogens is 2. The van der Waals surface area contributed by atoms with Crippen molar-refractivity contribution in [3.05, 3.63) is 36.0 Å². The minimum Gasteiger partial charge on any atom is -0.459 e. The van der Waals surface area contributed by atoms with Crippen LogP contribution in [0, 0.1) is 0 Å². The van der Waals surface area contributed by atoms with Gasteiger partial charge in [-0.1, -0.05) is 18.2 Å². The van der Waals surface area contributed by atoms with Gasteiger partial charge in [0.15, 0.2) is 0 Å². The maximum absolute atomic E-state index is 12.8. The van der Waals surface area contributed by atoms with Crippen molar-refractivity contribution < 1.29 is 18.3 Å². The van der Waals surface area contributed by atoms with Gasteiger partial charge in [0.2, 0.25) is 0 Å². The predicted octanol–water partition coefficient (Wildman–Crippen LogP) is 3.35. The van der Waals surface area contributed by atoms with E-state index in [1.807, 2.05) is 0 Å². The number of aromatic nitrogens is 1. The summed E-state index contributed by atoms with van der Waals surface area (Å²) in [7, 11) is 0. The number of carbonyl (C=O) groups is 1. The molecule has 2 atom stereocenters. The lowest BCUT2D eigenvalue weighted by Gasteiger charge is -2.28. The number of hydrogen-bond donors (Lipinski definition) is 1. The summed E-state index contributed by atoms with van der Waals surface area (Å²) in [5.41, 5.74) is 1.01. The number of esters is 1. The Bertz CT molecular complexity index is 747. The van der Waals surface area contributed by atoms with Gasteiger partial charge >= 0.3 is 5.97 Å². The first kappa shape index (κ1) is 15.6. The number of fused-ring (bicyclic) bond motifs is 3. The molecule has 3 heterocycles. The van der Waals surface area contributed by atoms with E-state index < -0.39 is 18.9 Å². The SMILES string of the molecule is O=C(OC1CC2CCC(C1)N2)c1cn(CC(F)F)c2ccccc12. The number of benzene rings is 1. The third-order valence-corrected chi connectivity index (χ3v) is 5.05. The Labute approximate surface area is 138 Å². The summed E-state index contributed by atoms with van der Waals surface area (Å²) in [6, 6.07) is 7.98. The fraction of sp³-hybridized carbons (Fsp3) is 0.500. The minimum absolute atomic E-state index is 0.0894. The second kappa shape index (κ2) is 6.16. The van der Waals surface area contributed by atoms with E-state index in [4.69, 9.17) is 4.74 Å². The number of para-hydroxylation sites is 1. The van der Waals surface area contributed by atoms with Crippen molar-refractivity contribution in [1.29, 1.82) is 0 Å². The zero-order chi connectivity index (χ0) is 16.7. The van der Waals surface area contributed by atoms with Crippen molar-refractivity contribution >= 4 is 16.9 Å². The van der Waals surface area contributed by atoms with Crippen molar-refractivity contribution in [1.82, 2.24) is 9.88 Å². The van der Waals surface area contributed by atoms with Gasteiger partial charge in [-0.3, -0.25) is 0 Å². The van der Waals surface area contributed by atoms with Crippen LogP contribution in [0.4, 0.5) is 8.78 Å². The van der Waals surface area contributed by atoms with Crippen LogP contribution in [0.3, 0.4) is 0 Å². The van der Waals surface area contributed by atoms with Crippen molar-refractivity contribution in [3.63, 3.8) is 0 Å². The van der Waals surface area contributed by atoms with E-state index in [0.717, 1.165) is 25.7 Å². The molecule has 4 rings (SSSR count). The zero-order valence-corrected chi connectivity index (χ0v) is 13.3. The number of alkyl halides is 2. The standard InChI is InChI=1S/C18H20F2N2O2/c19-17(20)10-22-9-15(14-3-1-2-4-16(14)22)18(23)24-13-7-11-5-6-12(8-13)21-11/h1-4,9,11-13,17,21H,5-8,10H2. The van der Waals surface area contributed by atoms with E-state index >= 15 is 0 Å². The Hall–Kier alpha value is -1.95. The lowest BCUT2D eigenvalue weighted by atomic mass is 10.0. The lowest BCUT2D eigenvalue weighted by Crippen LogP contribution is -2.42. The van der Waals surface area contributed by atoms with E-state index in [9.17, 15) is 13.6 Å². The fourth-order valence-electron chi connectivity index (χ4n) is 4.03. The topological polar surface area (TPSA) is 43.3 Å². The van der Waals surface area contributed by atoms with Gasteiger partial charge in [-0.15, -0.1) is 0 Å². The van der Waals surface area contributed by atoms with Crippen LogP contribution in [0.15, 0.2) is 30.5 Å². The highest BCUT2D eigenvalue weighted by Crippen LogP contribution is 2.30. The number of ether oxygens (including phenoxy) is 1. The Kier molecular flexibility index (Phi) is 4.00. The molecule has 24 heavy (non-hydrogen) atoms. The zero-order valence-electron chi connectivity index (χ0n) is 13.3. The second-order valence-electron chi connectivity index (χ2n) is 6.74. The van der Waals surface area contributed by atoms with Crippen molar-refractivity contribution in [2.75, 3.05) is 0 Å². The van der Waals surface area contributed by atoms with E-state index in [2.05, 4.69) is 5.32 Å². The molecule has 0 aliphatic carbocycles. The molecule has 1 N–H and O–H groups in total. The van der Waals surface area contributed by atoms with E-state index in [-0.39, 0.29) is 6.10 Å². The van der Waals surface area contributed by atoms with Crippen LogP contribution >= 0.6 is 0 Å². The molecule has 6 heteroatoms. The highest BCUT2D eigenvalue weighted by atomic mass is 19.3. The third kappa shape index (κ3) is 2.90. The highest BCUT2D eigenvalue weighted by Gasteiger charge is 2.35. The van der Waals surface area contributed by atoms with E-state index in [0.29, 0.717) is 28.6 Å². The molecule has 1 aromatic carbocycles. The van der Waals surface area contributed by atoms with Crippen molar-refractivity contribution in [3.8, 4) is 0 Å². The molecule has 2 fully saturated rings. The molecule has 0 amide bonds. The Morgan fingerprint density at radius 2 is 1.96 bits per heavy atom. The third-order valence-electron chi connectivity index (χ3n) is 5.05. The maximum atomic E-state index is 12.8. The van der Waals surface area contributed by atoms with E-state index in [1.54, 1.807) is 24.3 Å². The molecule has 2 aliphatic heterocycles. The average Bonchev–Trinajstić information content (AvgIpc) is 3.08. The molecule has 2 saturated heterocycles. The average molecular weight is 334 g/mol. The molecule has 0 saturated carbocycles. The molecule has 0 radical (unpaired) electrons. The molecule has 2 bridgehead atoms. The van der Waals surface area contributed by atoms with Gasteiger partial charge in [-0.25, -0.2) is 13.6 Å². The van der Waals surface area contributed by atoms with Crippen molar-refractivity contribution in [2.45, 2.75) is 56.8 Å². The monoisotopic (exact) mass is 334 g/mol. The smallest absolute Gasteiger partial charge is 0.340 e. The second-order valence-corrected chi connectivity index (χ2v) is 6.74. The Balaban J connectivity index is 1.57. The molecule has 2 aromatic rings. The van der Waals surface area contributed by atoms with Crippen LogP contribution in [0.25, 0.3) is 10.9 Å². The molecule has 128 valence electrons. The highest BCUT2D eigenvalue weighted by molar-refractivity contribution is 6.04. The summed E-state index contributed by atoms with van der Waals surface area (Å²) in [5, 5.41) is 4.18. The number of carbonyl (C=O) groups excluding carboxylic acids is 1. The Morgan fingerprint density at radius 1 is 1.25 bits per heavy atom. The summed E-state index contributed by atoms with van der Waals surface area (Å²) in [6.07, 6.45) is 2.86. The lowest BCUT2D eigenvalue weighted by molar-refractivity contribution is 0.0179. The quantitative estimate of drug-likeness (QED) is 0.872. The van der Waals surface area contributed by atoms with Crippen LogP contribution in [-0.2, 0) is 11.3 Å². The number of nitrogens with zero attached hydrogens (tertiary/aromatic N) is 1. The molecule has 0 spiro atoms. The molecule has 2 aliphatic rings. The van der Waals surface area contributed by atoms with Gasteiger partial charge in [-0.2, -0.15) is 0 Å². The number of hydrogen-bond acceptors (Lipinski definition) is 3. The summed E-state index contributed by atoms with van der Waals surface area (Å²) < 4.78 is 32.7. The van der Waals surface area contributed by atoms with E-state index in [1.165, 1.54) is 10.8 Å². The molecule has 2 unspecified atom stereocenters. The minimum atomic E-state index is -2.47. The molecule has 1 aromatic heterocycles. The first-order valence-electron chi connectivity index (χ1n) is 8.43. The first-order valence-corrected chi connectivity index (χ1v) is 8.43. The first-order chi connectivity index (χ1) is 11.6. The molecular formula is C18H20F2N2O2. The van der Waals surface area contributed by atoms with Crippen molar-refractivity contribution in [2.24, 2.45) is 0 Å². The van der Waals surface area contributed by atoms with Crippen LogP contribution in [0.1, 0.15) is 36.0 Å². The maximum Gasteiger partial charge on any atom is 0.340 e. The number of piperidine rings is 1. The summed E-state index contributed by atoms with van der Waals surface area (Å²) in [4.78, 5) is 12.6. The Morgan fingerprint density at radius 3 is 2.67 bits per heavy atom. The summed E-state index contributed by atoms with van der Waals surface area (Å²) in [6.45, 7) is -0.425. The normalized spacial score (nSPS) is 26.2. The van der Waals surface area contributed by atoms with Gasteiger partial charge in [0.25, 0.3) is 6.43 Å². The summed E-state index contributed by atoms with van der Waals surface area (Å²) in [5.74, 6) is -0.412. The number of rotatable bonds is 4. The number of nitrogens with one attached hydrogen (secondary N) is 1. The largest absolute Gasteiger partial charge is 0.459 e. The van der Waals surface area contributed by atoms with Gasteiger partial charge in [-0.05, 0) is 31.7 Å². The molecular weight excluding hydrogens is 314 g/mol. The van der Waals surface area contributed by atoms with Crippen LogP contribution < -0.4 is 5.32 Å². The van der Waals surface area contributed by atoms with Crippen LogP contribution in [0.5, 0.6) is 0 Å². The van der Waals surface area contributed by atoms with Gasteiger partial charge in [0, 0.05) is 29.2 Å². The van der Waals surface area contributed by atoms with Crippen LogP contribution in [0.2, 0.25) is 0 Å². The molecule has 4 nitrogen and oxygen atoms in total. The summed E-state index contributed by atoms with van der Waals surface area (Å²) >= 11 is 0. The predicted molar refractivity (Wildman–Crippen MR) is 86.3 cm³/mol. The van der Waals surface area contributed by atoms with Gasteiger partial charge in [0.05, 0.1) is 12.1 Å². The van der Waals surface area contributed by atoms with Gasteiger partial charge < -0.3 is 14.6 Å². The fourth-order valence-corrected chi connectivity index (χ4v) is 4.03. The van der Waals surface area contributed by atoms with Crippen LogP contribution in [-0.4, -0.2) is 35.1 Å².